The van der Waals surface area contributed by atoms with Crippen molar-refractivity contribution in [2.75, 3.05) is 0 Å². The van der Waals surface area contributed by atoms with Crippen LogP contribution in [0.2, 0.25) is 0 Å². The van der Waals surface area contributed by atoms with Gasteiger partial charge in [0.05, 0.1) is 5.41 Å². The lowest BCUT2D eigenvalue weighted by molar-refractivity contribution is -0.143. The molecule has 0 bridgehead atoms. The third kappa shape index (κ3) is 3.33. The number of hydrogen-bond donors (Lipinski definition) is 0. The monoisotopic (exact) mass is 282 g/mol. The van der Waals surface area contributed by atoms with Gasteiger partial charge in [-0.1, -0.05) is 42.5 Å². The summed E-state index contributed by atoms with van der Waals surface area (Å²) in [6, 6.07) is 14.1. The zero-order valence-corrected chi connectivity index (χ0v) is 13.4. The minimum absolute atomic E-state index is 0.214. The predicted octanol–water partition coefficient (Wildman–Crippen LogP) is 4.92. The van der Waals surface area contributed by atoms with E-state index in [1.54, 1.807) is 0 Å². The average Bonchev–Trinajstić information content (AvgIpc) is 2.44. The SMILES string of the molecule is Cc1ccc(-c2ccccc2)c(OC(=O)C(C)(C)C)c1C. The van der Waals surface area contributed by atoms with Crippen LogP contribution < -0.4 is 4.74 Å². The Morgan fingerprint density at radius 3 is 2.14 bits per heavy atom. The molecule has 2 nitrogen and oxygen atoms in total. The normalized spacial score (nSPS) is 11.3. The van der Waals surface area contributed by atoms with E-state index >= 15 is 0 Å². The first-order valence-electron chi connectivity index (χ1n) is 7.18. The molecule has 0 N–H and O–H groups in total. The van der Waals surface area contributed by atoms with Gasteiger partial charge in [0, 0.05) is 5.56 Å². The standard InChI is InChI=1S/C19H22O2/c1-13-11-12-16(15-9-7-6-8-10-15)17(14(13)2)21-18(20)19(3,4)5/h6-12H,1-5H3. The van der Waals surface area contributed by atoms with Gasteiger partial charge in [-0.15, -0.1) is 0 Å². The van der Waals surface area contributed by atoms with E-state index < -0.39 is 5.41 Å². The molecule has 0 spiro atoms. The molecule has 2 rings (SSSR count). The molecule has 21 heavy (non-hydrogen) atoms. The topological polar surface area (TPSA) is 26.3 Å². The lowest BCUT2D eigenvalue weighted by Gasteiger charge is -2.20. The molecule has 0 aliphatic heterocycles. The first-order valence-corrected chi connectivity index (χ1v) is 7.18. The molecule has 110 valence electrons. The van der Waals surface area contributed by atoms with E-state index in [4.69, 9.17) is 4.74 Å². The van der Waals surface area contributed by atoms with E-state index in [1.165, 1.54) is 0 Å². The van der Waals surface area contributed by atoms with Crippen LogP contribution in [-0.2, 0) is 4.79 Å². The minimum Gasteiger partial charge on any atom is -0.425 e. The number of aryl methyl sites for hydroxylation is 1. The van der Waals surface area contributed by atoms with Crippen molar-refractivity contribution in [3.05, 3.63) is 53.6 Å². The molecule has 2 heteroatoms. The quantitative estimate of drug-likeness (QED) is 0.577. The molecule has 0 heterocycles. The Balaban J connectivity index is 2.53. The zero-order valence-electron chi connectivity index (χ0n) is 13.4. The van der Waals surface area contributed by atoms with Crippen molar-refractivity contribution in [1.82, 2.24) is 0 Å². The molecule has 0 saturated carbocycles. The fourth-order valence-electron chi connectivity index (χ4n) is 2.01. The Labute approximate surface area is 126 Å². The average molecular weight is 282 g/mol. The van der Waals surface area contributed by atoms with Gasteiger partial charge in [-0.3, -0.25) is 4.79 Å². The Hall–Kier alpha value is -2.09. The highest BCUT2D eigenvalue weighted by molar-refractivity contribution is 5.82. The van der Waals surface area contributed by atoms with Crippen LogP contribution >= 0.6 is 0 Å². The van der Waals surface area contributed by atoms with Crippen molar-refractivity contribution in [3.8, 4) is 16.9 Å². The molecular formula is C19H22O2. The largest absolute Gasteiger partial charge is 0.425 e. The van der Waals surface area contributed by atoms with E-state index in [9.17, 15) is 4.79 Å². The summed E-state index contributed by atoms with van der Waals surface area (Å²) in [6.07, 6.45) is 0. The maximum atomic E-state index is 12.3. The Morgan fingerprint density at radius 1 is 0.952 bits per heavy atom. The van der Waals surface area contributed by atoms with Crippen molar-refractivity contribution in [2.24, 2.45) is 5.41 Å². The summed E-state index contributed by atoms with van der Waals surface area (Å²) in [7, 11) is 0. The van der Waals surface area contributed by atoms with Gasteiger partial charge in [-0.05, 0) is 51.3 Å². The summed E-state index contributed by atoms with van der Waals surface area (Å²) >= 11 is 0. The minimum atomic E-state index is -0.524. The number of carbonyl (C=O) groups excluding carboxylic acids is 1. The second-order valence-electron chi connectivity index (χ2n) is 6.39. The number of benzene rings is 2. The van der Waals surface area contributed by atoms with Crippen molar-refractivity contribution in [3.63, 3.8) is 0 Å². The Morgan fingerprint density at radius 2 is 1.57 bits per heavy atom. The molecular weight excluding hydrogens is 260 g/mol. The summed E-state index contributed by atoms with van der Waals surface area (Å²) in [5, 5.41) is 0. The van der Waals surface area contributed by atoms with Crippen LogP contribution in [0.25, 0.3) is 11.1 Å². The Bertz CT molecular complexity index is 649. The van der Waals surface area contributed by atoms with Gasteiger partial charge in [0.1, 0.15) is 5.75 Å². The van der Waals surface area contributed by atoms with Gasteiger partial charge in [-0.25, -0.2) is 0 Å². The van der Waals surface area contributed by atoms with Gasteiger partial charge in [-0.2, -0.15) is 0 Å². The van der Waals surface area contributed by atoms with Crippen molar-refractivity contribution in [2.45, 2.75) is 34.6 Å². The molecule has 0 aliphatic rings. The second-order valence-corrected chi connectivity index (χ2v) is 6.39. The summed E-state index contributed by atoms with van der Waals surface area (Å²) in [6.45, 7) is 9.61. The summed E-state index contributed by atoms with van der Waals surface area (Å²) in [5.41, 5.74) is 3.61. The molecule has 0 unspecified atom stereocenters. The van der Waals surface area contributed by atoms with E-state index in [-0.39, 0.29) is 5.97 Å². The van der Waals surface area contributed by atoms with Crippen LogP contribution in [0.3, 0.4) is 0 Å². The number of rotatable bonds is 2. The number of hydrogen-bond acceptors (Lipinski definition) is 2. The second kappa shape index (κ2) is 5.72. The number of carbonyl (C=O) groups is 1. The molecule has 2 aromatic rings. The lowest BCUT2D eigenvalue weighted by Crippen LogP contribution is -2.26. The molecule has 0 saturated heterocycles. The maximum absolute atomic E-state index is 12.3. The molecule has 0 amide bonds. The van der Waals surface area contributed by atoms with E-state index in [0.29, 0.717) is 5.75 Å². The highest BCUT2D eigenvalue weighted by Gasteiger charge is 2.25. The van der Waals surface area contributed by atoms with E-state index in [0.717, 1.165) is 22.3 Å². The summed E-state index contributed by atoms with van der Waals surface area (Å²) in [4.78, 5) is 12.3. The fraction of sp³-hybridized carbons (Fsp3) is 0.316. The van der Waals surface area contributed by atoms with E-state index in [1.807, 2.05) is 71.0 Å². The highest BCUT2D eigenvalue weighted by atomic mass is 16.5. The molecule has 0 atom stereocenters. The molecule has 0 fully saturated rings. The Kier molecular flexibility index (Phi) is 4.17. The van der Waals surface area contributed by atoms with Crippen LogP contribution in [0.1, 0.15) is 31.9 Å². The van der Waals surface area contributed by atoms with Gasteiger partial charge in [0.25, 0.3) is 0 Å². The number of esters is 1. The highest BCUT2D eigenvalue weighted by Crippen LogP contribution is 2.35. The maximum Gasteiger partial charge on any atom is 0.316 e. The van der Waals surface area contributed by atoms with E-state index in [2.05, 4.69) is 6.07 Å². The molecule has 2 aromatic carbocycles. The first-order chi connectivity index (χ1) is 9.80. The lowest BCUT2D eigenvalue weighted by atomic mass is 9.96. The van der Waals surface area contributed by atoms with Crippen LogP contribution in [0.5, 0.6) is 5.75 Å². The third-order valence-electron chi connectivity index (χ3n) is 3.57. The van der Waals surface area contributed by atoms with Crippen LogP contribution in [0, 0.1) is 19.3 Å². The van der Waals surface area contributed by atoms with Gasteiger partial charge < -0.3 is 4.74 Å². The number of ether oxygens (including phenoxy) is 1. The van der Waals surface area contributed by atoms with Gasteiger partial charge >= 0.3 is 5.97 Å². The smallest absolute Gasteiger partial charge is 0.316 e. The van der Waals surface area contributed by atoms with Crippen LogP contribution in [0.15, 0.2) is 42.5 Å². The van der Waals surface area contributed by atoms with Crippen molar-refractivity contribution >= 4 is 5.97 Å². The predicted molar refractivity (Wildman–Crippen MR) is 86.4 cm³/mol. The first kappa shape index (κ1) is 15.3. The molecule has 0 aromatic heterocycles. The van der Waals surface area contributed by atoms with Crippen LogP contribution in [0.4, 0.5) is 0 Å². The third-order valence-corrected chi connectivity index (χ3v) is 3.57. The van der Waals surface area contributed by atoms with Gasteiger partial charge in [0.2, 0.25) is 0 Å². The molecule has 0 aliphatic carbocycles. The fourth-order valence-corrected chi connectivity index (χ4v) is 2.01. The summed E-state index contributed by atoms with van der Waals surface area (Å²) < 4.78 is 5.74. The van der Waals surface area contributed by atoms with Crippen molar-refractivity contribution in [1.29, 1.82) is 0 Å². The van der Waals surface area contributed by atoms with Gasteiger partial charge in [0.15, 0.2) is 0 Å². The van der Waals surface area contributed by atoms with Crippen molar-refractivity contribution < 1.29 is 9.53 Å². The van der Waals surface area contributed by atoms with Crippen LogP contribution in [-0.4, -0.2) is 5.97 Å². The summed E-state index contributed by atoms with van der Waals surface area (Å²) in [5.74, 6) is 0.453. The zero-order chi connectivity index (χ0) is 15.6. The molecule has 0 radical (unpaired) electrons.